The van der Waals surface area contributed by atoms with E-state index in [9.17, 15) is 14.4 Å². The van der Waals surface area contributed by atoms with E-state index in [1.165, 1.54) is 0 Å². The van der Waals surface area contributed by atoms with Crippen LogP contribution >= 0.6 is 0 Å². The Morgan fingerprint density at radius 1 is 1.05 bits per heavy atom. The molecule has 2 atom stereocenters. The summed E-state index contributed by atoms with van der Waals surface area (Å²) in [7, 11) is 0. The molecule has 3 amide bonds. The molecule has 38 heavy (non-hydrogen) atoms. The predicted molar refractivity (Wildman–Crippen MR) is 149 cm³/mol. The van der Waals surface area contributed by atoms with Crippen LogP contribution in [0.5, 0.6) is 0 Å². The normalized spacial score (nSPS) is 15.0. The molecular weight excluding hydrogens is 478 g/mol. The van der Waals surface area contributed by atoms with Crippen LogP contribution in [0.3, 0.4) is 0 Å². The number of alkyl carbamates (subject to hydrolysis) is 1. The number of aryl methyl sites for hydroxylation is 1. The minimum Gasteiger partial charge on any atom is -0.444 e. The van der Waals surface area contributed by atoms with Gasteiger partial charge in [0.15, 0.2) is 0 Å². The van der Waals surface area contributed by atoms with Crippen molar-refractivity contribution in [2.24, 2.45) is 5.92 Å². The van der Waals surface area contributed by atoms with Crippen molar-refractivity contribution in [3.8, 4) is 12.3 Å². The predicted octanol–water partition coefficient (Wildman–Crippen LogP) is 5.59. The molecule has 1 aliphatic carbocycles. The fourth-order valence-corrected chi connectivity index (χ4v) is 4.41. The second kappa shape index (κ2) is 12.2. The van der Waals surface area contributed by atoms with Crippen LogP contribution in [-0.4, -0.2) is 40.5 Å². The van der Waals surface area contributed by atoms with Crippen molar-refractivity contribution in [2.75, 3.05) is 5.32 Å². The Hall–Kier alpha value is -3.79. The number of terminal acetylenes is 1. The Bertz CT molecular complexity index is 1190. The second-order valence-electron chi connectivity index (χ2n) is 11.2. The number of carbonyl (C=O) groups is 3. The molecule has 7 heteroatoms. The first-order valence-electron chi connectivity index (χ1n) is 13.2. The molecule has 0 saturated heterocycles. The van der Waals surface area contributed by atoms with Crippen LogP contribution in [0, 0.1) is 25.2 Å². The third-order valence-electron chi connectivity index (χ3n) is 6.65. The highest BCUT2D eigenvalue weighted by molar-refractivity contribution is 5.99. The van der Waals surface area contributed by atoms with Gasteiger partial charge in [-0.15, -0.1) is 6.42 Å². The van der Waals surface area contributed by atoms with E-state index in [1.54, 1.807) is 49.9 Å². The maximum atomic E-state index is 14.2. The van der Waals surface area contributed by atoms with Crippen molar-refractivity contribution < 1.29 is 19.1 Å². The summed E-state index contributed by atoms with van der Waals surface area (Å²) in [6.07, 6.45) is 7.41. The van der Waals surface area contributed by atoms with Crippen molar-refractivity contribution in [1.29, 1.82) is 0 Å². The van der Waals surface area contributed by atoms with Gasteiger partial charge in [0.05, 0.1) is 0 Å². The maximum absolute atomic E-state index is 14.2. The number of anilines is 1. The average molecular weight is 518 g/mol. The summed E-state index contributed by atoms with van der Waals surface area (Å²) in [5.41, 5.74) is 2.21. The summed E-state index contributed by atoms with van der Waals surface area (Å²) in [4.78, 5) is 42.5. The molecule has 0 heterocycles. The number of nitrogens with zero attached hydrogens (tertiary/aromatic N) is 1. The third-order valence-corrected chi connectivity index (χ3v) is 6.65. The zero-order valence-corrected chi connectivity index (χ0v) is 23.2. The molecule has 2 unspecified atom stereocenters. The van der Waals surface area contributed by atoms with Gasteiger partial charge in [-0.2, -0.15) is 0 Å². The van der Waals surface area contributed by atoms with E-state index in [1.807, 2.05) is 45.0 Å². The zero-order valence-electron chi connectivity index (χ0n) is 23.2. The first-order chi connectivity index (χ1) is 17.9. The molecule has 1 fully saturated rings. The molecule has 1 saturated carbocycles. The van der Waals surface area contributed by atoms with Gasteiger partial charge in [-0.3, -0.25) is 9.59 Å². The van der Waals surface area contributed by atoms with Gasteiger partial charge in [0.25, 0.3) is 5.91 Å². The molecule has 202 valence electrons. The summed E-state index contributed by atoms with van der Waals surface area (Å²) >= 11 is 0. The van der Waals surface area contributed by atoms with E-state index in [2.05, 4.69) is 16.6 Å². The van der Waals surface area contributed by atoms with Gasteiger partial charge in [0, 0.05) is 17.3 Å². The molecule has 2 aromatic carbocycles. The van der Waals surface area contributed by atoms with Crippen LogP contribution in [0.25, 0.3) is 0 Å². The Morgan fingerprint density at radius 2 is 1.68 bits per heavy atom. The maximum Gasteiger partial charge on any atom is 0.408 e. The lowest BCUT2D eigenvalue weighted by atomic mass is 9.87. The SMILES string of the molecule is C#Cc1ccc(C(C(=O)Nc2ccccc2C)N(C(=O)C(NC(=O)OC(C)(C)C)C(C)C)C2CCC2)cc1. The fourth-order valence-electron chi connectivity index (χ4n) is 4.41. The van der Waals surface area contributed by atoms with Gasteiger partial charge >= 0.3 is 6.09 Å². The van der Waals surface area contributed by atoms with Crippen LogP contribution in [-0.2, 0) is 14.3 Å². The monoisotopic (exact) mass is 517 g/mol. The smallest absolute Gasteiger partial charge is 0.408 e. The van der Waals surface area contributed by atoms with Gasteiger partial charge in [-0.1, -0.05) is 50.1 Å². The van der Waals surface area contributed by atoms with Gasteiger partial charge in [0.1, 0.15) is 17.7 Å². The van der Waals surface area contributed by atoms with Crippen molar-refractivity contribution >= 4 is 23.6 Å². The van der Waals surface area contributed by atoms with Gasteiger partial charge in [-0.05, 0) is 82.2 Å². The zero-order chi connectivity index (χ0) is 28.0. The van der Waals surface area contributed by atoms with E-state index in [0.29, 0.717) is 16.8 Å². The topological polar surface area (TPSA) is 87.7 Å². The molecule has 0 aromatic heterocycles. The van der Waals surface area contributed by atoms with Crippen molar-refractivity contribution in [3.63, 3.8) is 0 Å². The van der Waals surface area contributed by atoms with Crippen LogP contribution < -0.4 is 10.6 Å². The minimum absolute atomic E-state index is 0.135. The van der Waals surface area contributed by atoms with Crippen LogP contribution in [0.15, 0.2) is 48.5 Å². The Kier molecular flexibility index (Phi) is 9.22. The van der Waals surface area contributed by atoms with E-state index >= 15 is 0 Å². The lowest BCUT2D eigenvalue weighted by Gasteiger charge is -2.44. The molecule has 1 aliphatic rings. The lowest BCUT2D eigenvalue weighted by molar-refractivity contribution is -0.146. The van der Waals surface area contributed by atoms with Crippen LogP contribution in [0.2, 0.25) is 0 Å². The van der Waals surface area contributed by atoms with Crippen LogP contribution in [0.1, 0.15) is 76.6 Å². The molecule has 0 bridgehead atoms. The molecule has 0 aliphatic heterocycles. The molecule has 2 aromatic rings. The summed E-state index contributed by atoms with van der Waals surface area (Å²) in [6, 6.07) is 12.7. The van der Waals surface area contributed by atoms with E-state index in [0.717, 1.165) is 24.8 Å². The number of benzene rings is 2. The standard InChI is InChI=1S/C31H39N3O4/c1-8-22-16-18-23(19-17-22)27(28(35)32-25-15-10-9-12-21(25)4)34(24-13-11-14-24)29(36)26(20(2)3)33-30(37)38-31(5,6)7/h1,9-10,12,15-20,24,26-27H,11,13-14H2,2-7H3,(H,32,35)(H,33,37). The Morgan fingerprint density at radius 3 is 2.18 bits per heavy atom. The van der Waals surface area contributed by atoms with E-state index in [4.69, 9.17) is 11.2 Å². The molecule has 0 spiro atoms. The summed E-state index contributed by atoms with van der Waals surface area (Å²) in [5, 5.41) is 5.80. The van der Waals surface area contributed by atoms with E-state index in [-0.39, 0.29) is 23.8 Å². The van der Waals surface area contributed by atoms with Crippen molar-refractivity contribution in [1.82, 2.24) is 10.2 Å². The van der Waals surface area contributed by atoms with Gasteiger partial charge < -0.3 is 20.3 Å². The van der Waals surface area contributed by atoms with Crippen LogP contribution in [0.4, 0.5) is 10.5 Å². The second-order valence-corrected chi connectivity index (χ2v) is 11.2. The molecule has 7 nitrogen and oxygen atoms in total. The van der Waals surface area contributed by atoms with Gasteiger partial charge in [0.2, 0.25) is 5.91 Å². The highest BCUT2D eigenvalue weighted by atomic mass is 16.6. The molecule has 2 N–H and O–H groups in total. The number of ether oxygens (including phenoxy) is 1. The Labute approximate surface area is 226 Å². The van der Waals surface area contributed by atoms with Crippen molar-refractivity contribution in [2.45, 2.75) is 84.5 Å². The number of hydrogen-bond acceptors (Lipinski definition) is 4. The number of rotatable bonds is 8. The number of amides is 3. The number of hydrogen-bond donors (Lipinski definition) is 2. The largest absolute Gasteiger partial charge is 0.444 e. The molecular formula is C31H39N3O4. The quantitative estimate of drug-likeness (QED) is 0.447. The van der Waals surface area contributed by atoms with Gasteiger partial charge in [-0.25, -0.2) is 4.79 Å². The average Bonchev–Trinajstić information content (AvgIpc) is 2.81. The first kappa shape index (κ1) is 28.8. The summed E-state index contributed by atoms with van der Waals surface area (Å²) < 4.78 is 5.44. The van der Waals surface area contributed by atoms with Crippen molar-refractivity contribution in [3.05, 3.63) is 65.2 Å². The number of para-hydroxylation sites is 1. The molecule has 3 rings (SSSR count). The highest BCUT2D eigenvalue weighted by Gasteiger charge is 2.42. The number of nitrogens with one attached hydrogen (secondary N) is 2. The van der Waals surface area contributed by atoms with E-state index < -0.39 is 23.8 Å². The summed E-state index contributed by atoms with van der Waals surface area (Å²) in [5.74, 6) is 1.72. The Balaban J connectivity index is 2.03. The summed E-state index contributed by atoms with van der Waals surface area (Å²) in [6.45, 7) is 11.0. The number of carbonyl (C=O) groups excluding carboxylic acids is 3. The minimum atomic E-state index is -0.916. The fraction of sp³-hybridized carbons (Fsp3) is 0.452. The lowest BCUT2D eigenvalue weighted by Crippen LogP contribution is -2.58. The third kappa shape index (κ3) is 7.16. The first-order valence-corrected chi connectivity index (χ1v) is 13.2. The molecule has 0 radical (unpaired) electrons. The highest BCUT2D eigenvalue weighted by Crippen LogP contribution is 2.35.